The summed E-state index contributed by atoms with van der Waals surface area (Å²) in [7, 11) is 0. The lowest BCUT2D eigenvalue weighted by molar-refractivity contribution is 0.0659. The van der Waals surface area contributed by atoms with E-state index in [0.717, 1.165) is 12.8 Å². The number of halogens is 1. The Kier molecular flexibility index (Phi) is 4.90. The molecule has 0 aromatic heterocycles. The van der Waals surface area contributed by atoms with Crippen molar-refractivity contribution in [3.05, 3.63) is 47.3 Å². The molecule has 1 aromatic rings. The lowest BCUT2D eigenvalue weighted by Gasteiger charge is -2.25. The molecule has 0 aliphatic heterocycles. The standard InChI is InChI=1S/C16H19FO3/c1-11-4-2-3-5-13(11)9-20-10-14-8-12(16(18)19)6-7-15(14)17/h2-3,6-8,11,13H,4-5,9-10H2,1H3,(H,18,19). The maximum atomic E-state index is 13.6. The van der Waals surface area contributed by atoms with Gasteiger partial charge in [0.25, 0.3) is 0 Å². The van der Waals surface area contributed by atoms with Gasteiger partial charge < -0.3 is 9.84 Å². The van der Waals surface area contributed by atoms with Gasteiger partial charge in [-0.05, 0) is 42.9 Å². The summed E-state index contributed by atoms with van der Waals surface area (Å²) in [5.74, 6) is -0.468. The molecule has 0 amide bonds. The maximum Gasteiger partial charge on any atom is 0.335 e. The van der Waals surface area contributed by atoms with Crippen molar-refractivity contribution in [2.24, 2.45) is 11.8 Å². The number of hydrogen-bond acceptors (Lipinski definition) is 2. The van der Waals surface area contributed by atoms with Crippen molar-refractivity contribution in [3.8, 4) is 0 Å². The summed E-state index contributed by atoms with van der Waals surface area (Å²) >= 11 is 0. The number of allylic oxidation sites excluding steroid dienone is 2. The monoisotopic (exact) mass is 278 g/mol. The van der Waals surface area contributed by atoms with Gasteiger partial charge in [-0.1, -0.05) is 19.1 Å². The molecule has 2 unspecified atom stereocenters. The van der Waals surface area contributed by atoms with Gasteiger partial charge in [0, 0.05) is 5.56 Å². The first-order valence-corrected chi connectivity index (χ1v) is 6.82. The lowest BCUT2D eigenvalue weighted by Crippen LogP contribution is -2.19. The van der Waals surface area contributed by atoms with Crippen molar-refractivity contribution in [2.45, 2.75) is 26.4 Å². The van der Waals surface area contributed by atoms with Crippen LogP contribution in [0.4, 0.5) is 4.39 Å². The summed E-state index contributed by atoms with van der Waals surface area (Å²) in [5, 5.41) is 8.89. The van der Waals surface area contributed by atoms with E-state index in [1.807, 2.05) is 0 Å². The average molecular weight is 278 g/mol. The first-order chi connectivity index (χ1) is 9.58. The first-order valence-electron chi connectivity index (χ1n) is 6.82. The van der Waals surface area contributed by atoms with Gasteiger partial charge in [-0.15, -0.1) is 0 Å². The van der Waals surface area contributed by atoms with Crippen LogP contribution in [0.3, 0.4) is 0 Å². The van der Waals surface area contributed by atoms with Crippen LogP contribution in [0.2, 0.25) is 0 Å². The predicted molar refractivity (Wildman–Crippen MR) is 74.0 cm³/mol. The summed E-state index contributed by atoms with van der Waals surface area (Å²) in [5.41, 5.74) is 0.378. The van der Waals surface area contributed by atoms with Gasteiger partial charge in [-0.3, -0.25) is 0 Å². The molecule has 0 bridgehead atoms. The lowest BCUT2D eigenvalue weighted by atomic mass is 9.85. The van der Waals surface area contributed by atoms with E-state index < -0.39 is 11.8 Å². The second-order valence-corrected chi connectivity index (χ2v) is 5.31. The largest absolute Gasteiger partial charge is 0.478 e. The van der Waals surface area contributed by atoms with Gasteiger partial charge in [-0.25, -0.2) is 9.18 Å². The molecular weight excluding hydrogens is 259 g/mol. The van der Waals surface area contributed by atoms with Gasteiger partial charge in [0.1, 0.15) is 5.82 Å². The third kappa shape index (κ3) is 3.67. The van der Waals surface area contributed by atoms with E-state index in [-0.39, 0.29) is 12.2 Å². The molecule has 2 atom stereocenters. The van der Waals surface area contributed by atoms with Crippen LogP contribution in [0.15, 0.2) is 30.4 Å². The van der Waals surface area contributed by atoms with E-state index in [0.29, 0.717) is 24.0 Å². The highest BCUT2D eigenvalue weighted by Crippen LogP contribution is 2.25. The van der Waals surface area contributed by atoms with E-state index in [9.17, 15) is 9.18 Å². The zero-order valence-corrected chi connectivity index (χ0v) is 11.5. The summed E-state index contributed by atoms with van der Waals surface area (Å²) in [4.78, 5) is 10.9. The molecule has 1 aliphatic rings. The van der Waals surface area contributed by atoms with Crippen LogP contribution in [0.1, 0.15) is 35.7 Å². The van der Waals surface area contributed by atoms with Crippen LogP contribution in [-0.2, 0) is 11.3 Å². The van der Waals surface area contributed by atoms with E-state index in [4.69, 9.17) is 9.84 Å². The van der Waals surface area contributed by atoms with Crippen LogP contribution >= 0.6 is 0 Å². The highest BCUT2D eigenvalue weighted by Gasteiger charge is 2.18. The Bertz CT molecular complexity index is 510. The van der Waals surface area contributed by atoms with E-state index in [2.05, 4.69) is 19.1 Å². The van der Waals surface area contributed by atoms with Crippen molar-refractivity contribution in [1.29, 1.82) is 0 Å². The Hall–Kier alpha value is -1.68. The Morgan fingerprint density at radius 1 is 1.40 bits per heavy atom. The molecule has 4 heteroatoms. The summed E-state index contributed by atoms with van der Waals surface area (Å²) in [6.07, 6.45) is 6.37. The zero-order valence-electron chi connectivity index (χ0n) is 11.5. The molecule has 0 radical (unpaired) electrons. The Morgan fingerprint density at radius 2 is 2.15 bits per heavy atom. The number of rotatable bonds is 5. The molecule has 20 heavy (non-hydrogen) atoms. The van der Waals surface area contributed by atoms with Crippen LogP contribution in [-0.4, -0.2) is 17.7 Å². The molecule has 3 nitrogen and oxygen atoms in total. The van der Waals surface area contributed by atoms with Gasteiger partial charge in [-0.2, -0.15) is 0 Å². The predicted octanol–water partition coefficient (Wildman–Crippen LogP) is 3.64. The number of aromatic carboxylic acids is 1. The number of carboxylic acid groups (broad SMARTS) is 1. The topological polar surface area (TPSA) is 46.5 Å². The van der Waals surface area contributed by atoms with Gasteiger partial charge in [0.15, 0.2) is 0 Å². The summed E-state index contributed by atoms with van der Waals surface area (Å²) in [6.45, 7) is 2.87. The maximum absolute atomic E-state index is 13.6. The highest BCUT2D eigenvalue weighted by atomic mass is 19.1. The fourth-order valence-corrected chi connectivity index (χ4v) is 2.38. The molecule has 0 spiro atoms. The molecule has 0 heterocycles. The van der Waals surface area contributed by atoms with E-state index >= 15 is 0 Å². The number of carbonyl (C=O) groups is 1. The second kappa shape index (κ2) is 6.66. The average Bonchev–Trinajstić information content (AvgIpc) is 2.42. The quantitative estimate of drug-likeness (QED) is 0.836. The number of benzene rings is 1. The molecule has 2 rings (SSSR count). The second-order valence-electron chi connectivity index (χ2n) is 5.31. The minimum Gasteiger partial charge on any atom is -0.478 e. The van der Waals surface area contributed by atoms with Gasteiger partial charge >= 0.3 is 5.97 Å². The highest BCUT2D eigenvalue weighted by molar-refractivity contribution is 5.87. The smallest absolute Gasteiger partial charge is 0.335 e. The molecule has 0 fully saturated rings. The van der Waals surface area contributed by atoms with Crippen molar-refractivity contribution in [3.63, 3.8) is 0 Å². The van der Waals surface area contributed by atoms with Crippen molar-refractivity contribution >= 4 is 5.97 Å². The van der Waals surface area contributed by atoms with Crippen LogP contribution in [0, 0.1) is 17.7 Å². The van der Waals surface area contributed by atoms with Gasteiger partial charge in [0.2, 0.25) is 0 Å². The SMILES string of the molecule is CC1CC=CCC1COCc1cc(C(=O)O)ccc1F. The Labute approximate surface area is 118 Å². The number of hydrogen-bond donors (Lipinski definition) is 1. The minimum absolute atomic E-state index is 0.0824. The zero-order chi connectivity index (χ0) is 14.5. The summed E-state index contributed by atoms with van der Waals surface area (Å²) in [6, 6.07) is 3.77. The van der Waals surface area contributed by atoms with Crippen molar-refractivity contribution in [2.75, 3.05) is 6.61 Å². The van der Waals surface area contributed by atoms with Crippen molar-refractivity contribution < 1.29 is 19.0 Å². The molecule has 0 saturated heterocycles. The first kappa shape index (κ1) is 14.7. The van der Waals surface area contributed by atoms with Crippen LogP contribution < -0.4 is 0 Å². The Morgan fingerprint density at radius 3 is 2.85 bits per heavy atom. The van der Waals surface area contributed by atoms with E-state index in [1.165, 1.54) is 18.2 Å². The van der Waals surface area contributed by atoms with Crippen LogP contribution in [0.25, 0.3) is 0 Å². The number of ether oxygens (including phenoxy) is 1. The van der Waals surface area contributed by atoms with Crippen molar-refractivity contribution in [1.82, 2.24) is 0 Å². The Balaban J connectivity index is 1.92. The van der Waals surface area contributed by atoms with Gasteiger partial charge in [0.05, 0.1) is 18.8 Å². The summed E-state index contributed by atoms with van der Waals surface area (Å²) < 4.78 is 19.2. The molecule has 1 N–H and O–H groups in total. The third-order valence-electron chi connectivity index (χ3n) is 3.80. The molecule has 108 valence electrons. The number of carboxylic acids is 1. The minimum atomic E-state index is -1.06. The third-order valence-corrected chi connectivity index (χ3v) is 3.80. The van der Waals surface area contributed by atoms with E-state index in [1.54, 1.807) is 0 Å². The molecular formula is C16H19FO3. The fraction of sp³-hybridized carbons (Fsp3) is 0.438. The van der Waals surface area contributed by atoms with Crippen LogP contribution in [0.5, 0.6) is 0 Å². The molecule has 0 saturated carbocycles. The molecule has 1 aromatic carbocycles. The fourth-order valence-electron chi connectivity index (χ4n) is 2.38. The normalized spacial score (nSPS) is 21.9. The molecule has 1 aliphatic carbocycles.